The third-order valence-electron chi connectivity index (χ3n) is 7.59. The molecule has 0 aliphatic carbocycles. The Hall–Kier alpha value is -5.65. The van der Waals surface area contributed by atoms with Crippen molar-refractivity contribution in [1.29, 1.82) is 0 Å². The zero-order chi connectivity index (χ0) is 34.3. The number of carboxylic acid groups (broad SMARTS) is 1. The van der Waals surface area contributed by atoms with Gasteiger partial charge in [0.1, 0.15) is 24.0 Å². The maximum atomic E-state index is 13.3. The lowest BCUT2D eigenvalue weighted by atomic mass is 9.97. The largest absolute Gasteiger partial charge is 0.489 e. The molecule has 0 radical (unpaired) electrons. The number of carbonyl (C=O) groups is 4. The minimum Gasteiger partial charge on any atom is -0.489 e. The summed E-state index contributed by atoms with van der Waals surface area (Å²) in [5, 5.41) is 18.5. The summed E-state index contributed by atoms with van der Waals surface area (Å²) in [6.07, 6.45) is -0.410. The van der Waals surface area contributed by atoms with E-state index in [0.717, 1.165) is 27.6 Å². The number of aliphatic carboxylic acids is 1. The van der Waals surface area contributed by atoms with Crippen molar-refractivity contribution in [2.24, 2.45) is 4.99 Å². The number of hydrogen-bond donors (Lipinski definition) is 5. The van der Waals surface area contributed by atoms with Crippen LogP contribution < -0.4 is 20.7 Å². The Bertz CT molecular complexity index is 1810. The summed E-state index contributed by atoms with van der Waals surface area (Å²) in [7, 11) is 0. The SMILES string of the molecule is CC(C)(C)OC(=O)NC(Cc1ccc(OCc2ccccc2)cc1)C(=O)NCC(=O)NCC1=NC(C(=O)O)Cc2c1[nH]c1ccccc21. The van der Waals surface area contributed by atoms with Crippen LogP contribution in [-0.4, -0.2) is 70.5 Å². The van der Waals surface area contributed by atoms with Gasteiger partial charge in [-0.05, 0) is 55.7 Å². The molecule has 2 unspecified atom stereocenters. The second kappa shape index (κ2) is 14.8. The first-order valence-electron chi connectivity index (χ1n) is 15.6. The molecule has 0 fully saturated rings. The van der Waals surface area contributed by atoms with Crippen LogP contribution in [0.4, 0.5) is 4.79 Å². The molecule has 1 aliphatic heterocycles. The molecule has 48 heavy (non-hydrogen) atoms. The first-order chi connectivity index (χ1) is 22.9. The lowest BCUT2D eigenvalue weighted by molar-refractivity contribution is -0.138. The maximum Gasteiger partial charge on any atom is 0.408 e. The first kappa shape index (κ1) is 33.7. The number of aliphatic imine (C=N–C) groups is 1. The van der Waals surface area contributed by atoms with Gasteiger partial charge in [-0.2, -0.15) is 0 Å². The quantitative estimate of drug-likeness (QED) is 0.154. The molecular weight excluding hydrogens is 614 g/mol. The molecule has 5 rings (SSSR count). The van der Waals surface area contributed by atoms with Gasteiger partial charge < -0.3 is 35.5 Å². The summed E-state index contributed by atoms with van der Waals surface area (Å²) in [6, 6.07) is 22.5. The maximum absolute atomic E-state index is 13.3. The third-order valence-corrected chi connectivity index (χ3v) is 7.59. The number of para-hydroxylation sites is 1. The van der Waals surface area contributed by atoms with Crippen LogP contribution in [-0.2, 0) is 38.6 Å². The Morgan fingerprint density at radius 2 is 1.65 bits per heavy atom. The zero-order valence-electron chi connectivity index (χ0n) is 27.0. The molecule has 0 spiro atoms. The van der Waals surface area contributed by atoms with Gasteiger partial charge in [-0.3, -0.25) is 14.6 Å². The molecule has 4 aromatic rings. The fourth-order valence-corrected chi connectivity index (χ4v) is 5.32. The Morgan fingerprint density at radius 1 is 0.938 bits per heavy atom. The standard InChI is InChI=1S/C36H39N5O7/c1-36(2,3)48-35(46)41-28(17-22-13-15-24(16-14-22)47-21-23-9-5-4-6-10-23)33(43)38-20-31(42)37-19-30-32-26(18-29(39-30)34(44)45)25-11-7-8-12-27(25)40-32/h4-16,28-29,40H,17-21H2,1-3H3,(H,37,42)(H,38,43)(H,41,46)(H,44,45). The molecule has 0 saturated carbocycles. The number of H-pyrrole nitrogens is 1. The second-order valence-corrected chi connectivity index (χ2v) is 12.5. The normalized spacial score (nSPS) is 14.6. The van der Waals surface area contributed by atoms with Gasteiger partial charge >= 0.3 is 12.1 Å². The van der Waals surface area contributed by atoms with E-state index < -0.39 is 41.6 Å². The fourth-order valence-electron chi connectivity index (χ4n) is 5.32. The van der Waals surface area contributed by atoms with Crippen LogP contribution in [0.3, 0.4) is 0 Å². The molecule has 0 saturated heterocycles. The van der Waals surface area contributed by atoms with E-state index in [1.54, 1.807) is 45.0 Å². The van der Waals surface area contributed by atoms with Crippen molar-refractivity contribution in [1.82, 2.24) is 20.9 Å². The lowest BCUT2D eigenvalue weighted by Gasteiger charge is -2.23. The number of nitrogens with one attached hydrogen (secondary N) is 4. The van der Waals surface area contributed by atoms with E-state index in [0.29, 0.717) is 23.8 Å². The number of carboxylic acids is 1. The number of aromatic nitrogens is 1. The second-order valence-electron chi connectivity index (χ2n) is 12.5. The fraction of sp³-hybridized carbons (Fsp3) is 0.306. The van der Waals surface area contributed by atoms with Gasteiger partial charge in [-0.25, -0.2) is 9.59 Å². The van der Waals surface area contributed by atoms with Crippen LogP contribution in [0.25, 0.3) is 10.9 Å². The van der Waals surface area contributed by atoms with Gasteiger partial charge in [-0.1, -0.05) is 60.7 Å². The number of aromatic amines is 1. The highest BCUT2D eigenvalue weighted by Gasteiger charge is 2.29. The molecule has 0 bridgehead atoms. The lowest BCUT2D eigenvalue weighted by Crippen LogP contribution is -2.51. The van der Waals surface area contributed by atoms with E-state index in [1.807, 2.05) is 54.6 Å². The van der Waals surface area contributed by atoms with Crippen molar-refractivity contribution < 1.29 is 33.8 Å². The minimum atomic E-state index is -1.06. The minimum absolute atomic E-state index is 0.0451. The number of nitrogens with zero attached hydrogens (tertiary/aromatic N) is 1. The molecule has 12 nitrogen and oxygen atoms in total. The molecule has 5 N–H and O–H groups in total. The predicted molar refractivity (Wildman–Crippen MR) is 180 cm³/mol. The van der Waals surface area contributed by atoms with Crippen molar-refractivity contribution in [3.8, 4) is 5.75 Å². The number of hydrogen-bond acceptors (Lipinski definition) is 7. The van der Waals surface area contributed by atoms with E-state index in [2.05, 4.69) is 25.9 Å². The number of amides is 3. The Balaban J connectivity index is 1.20. The van der Waals surface area contributed by atoms with Crippen LogP contribution in [0, 0.1) is 0 Å². The molecule has 1 aromatic heterocycles. The smallest absolute Gasteiger partial charge is 0.408 e. The molecule has 250 valence electrons. The molecule has 1 aliphatic rings. The van der Waals surface area contributed by atoms with Crippen LogP contribution in [0.2, 0.25) is 0 Å². The molecule has 2 heterocycles. The highest BCUT2D eigenvalue weighted by molar-refractivity contribution is 6.09. The Morgan fingerprint density at radius 3 is 2.35 bits per heavy atom. The number of fused-ring (bicyclic) bond motifs is 3. The van der Waals surface area contributed by atoms with Gasteiger partial charge in [0.15, 0.2) is 6.04 Å². The third kappa shape index (κ3) is 8.99. The Kier molecular flexibility index (Phi) is 10.4. The van der Waals surface area contributed by atoms with E-state index in [9.17, 15) is 24.3 Å². The van der Waals surface area contributed by atoms with Crippen molar-refractivity contribution in [3.05, 3.63) is 101 Å². The summed E-state index contributed by atoms with van der Waals surface area (Å²) in [5.41, 5.74) is 3.75. The van der Waals surface area contributed by atoms with Crippen LogP contribution in [0.15, 0.2) is 83.9 Å². The number of carbonyl (C=O) groups excluding carboxylic acids is 3. The summed E-state index contributed by atoms with van der Waals surface area (Å²) in [6.45, 7) is 5.13. The van der Waals surface area contributed by atoms with Gasteiger partial charge in [0.05, 0.1) is 24.5 Å². The molecule has 12 heteroatoms. The summed E-state index contributed by atoms with van der Waals surface area (Å²) >= 11 is 0. The number of alkyl carbamates (subject to hydrolysis) is 1. The van der Waals surface area contributed by atoms with Crippen LogP contribution in [0.1, 0.15) is 43.2 Å². The van der Waals surface area contributed by atoms with Crippen molar-refractivity contribution in [2.45, 2.75) is 57.9 Å². The Labute approximate surface area is 277 Å². The summed E-state index contributed by atoms with van der Waals surface area (Å²) < 4.78 is 11.2. The van der Waals surface area contributed by atoms with Gasteiger partial charge in [0.25, 0.3) is 0 Å². The predicted octanol–water partition coefficient (Wildman–Crippen LogP) is 3.91. The highest BCUT2D eigenvalue weighted by Crippen LogP contribution is 2.28. The van der Waals surface area contributed by atoms with E-state index in [1.165, 1.54) is 0 Å². The highest BCUT2D eigenvalue weighted by atomic mass is 16.6. The monoisotopic (exact) mass is 653 g/mol. The molecule has 3 amide bonds. The summed E-state index contributed by atoms with van der Waals surface area (Å²) in [4.78, 5) is 58.2. The van der Waals surface area contributed by atoms with Gasteiger partial charge in [-0.15, -0.1) is 0 Å². The van der Waals surface area contributed by atoms with Crippen molar-refractivity contribution in [2.75, 3.05) is 13.1 Å². The van der Waals surface area contributed by atoms with Crippen LogP contribution >= 0.6 is 0 Å². The average molecular weight is 654 g/mol. The van der Waals surface area contributed by atoms with Crippen molar-refractivity contribution in [3.63, 3.8) is 0 Å². The molecule has 3 aromatic carbocycles. The topological polar surface area (TPSA) is 171 Å². The number of rotatable bonds is 12. The van der Waals surface area contributed by atoms with Crippen molar-refractivity contribution >= 4 is 40.5 Å². The first-order valence-corrected chi connectivity index (χ1v) is 15.6. The zero-order valence-corrected chi connectivity index (χ0v) is 27.0. The summed E-state index contributed by atoms with van der Waals surface area (Å²) in [5.74, 6) is -1.51. The van der Waals surface area contributed by atoms with E-state index >= 15 is 0 Å². The average Bonchev–Trinajstić information content (AvgIpc) is 3.44. The number of benzene rings is 3. The van der Waals surface area contributed by atoms with E-state index in [-0.39, 0.29) is 25.9 Å². The number of ether oxygens (including phenoxy) is 2. The molecule has 2 atom stereocenters. The van der Waals surface area contributed by atoms with Gasteiger partial charge in [0, 0.05) is 23.7 Å². The van der Waals surface area contributed by atoms with Gasteiger partial charge in [0.2, 0.25) is 11.8 Å². The van der Waals surface area contributed by atoms with E-state index in [4.69, 9.17) is 9.47 Å². The molecular formula is C36H39N5O7. The van der Waals surface area contributed by atoms with Crippen LogP contribution in [0.5, 0.6) is 5.75 Å².